The molecule has 0 aliphatic carbocycles. The zero-order valence-electron chi connectivity index (χ0n) is 13.6. The first kappa shape index (κ1) is 15.9. The van der Waals surface area contributed by atoms with Gasteiger partial charge in [0.15, 0.2) is 0 Å². The molecule has 0 atom stereocenters. The van der Waals surface area contributed by atoms with Gasteiger partial charge >= 0.3 is 0 Å². The summed E-state index contributed by atoms with van der Waals surface area (Å²) in [7, 11) is 3.71. The molecule has 1 aromatic carbocycles. The molecule has 0 aliphatic rings. The molecule has 0 radical (unpaired) electrons. The summed E-state index contributed by atoms with van der Waals surface area (Å²) in [5.41, 5.74) is 1.87. The predicted octanol–water partition coefficient (Wildman–Crippen LogP) is 2.12. The van der Waals surface area contributed by atoms with Crippen molar-refractivity contribution in [2.24, 2.45) is 4.99 Å². The van der Waals surface area contributed by atoms with Crippen LogP contribution in [0.2, 0.25) is 0 Å². The monoisotopic (exact) mass is 325 g/mol. The number of rotatable bonds is 6. The van der Waals surface area contributed by atoms with Gasteiger partial charge in [0.1, 0.15) is 12.2 Å². The molecule has 3 aromatic rings. The molecule has 2 heterocycles. The van der Waals surface area contributed by atoms with Crippen LogP contribution in [0.5, 0.6) is 0 Å². The molecule has 0 bridgehead atoms. The van der Waals surface area contributed by atoms with E-state index in [0.717, 1.165) is 5.56 Å². The third-order valence-corrected chi connectivity index (χ3v) is 3.38. The standard InChI is InChI=1S/C17H19N5O2/c1-21(2)11-19-17-20-14-8-9-18-15(14)16(23)22(17)12-24-10-13-6-4-3-5-7-13/h3-9,11,18H,10,12H2,1-2H3. The third-order valence-electron chi connectivity index (χ3n) is 3.38. The highest BCUT2D eigenvalue weighted by molar-refractivity contribution is 5.75. The number of hydrogen-bond acceptors (Lipinski definition) is 4. The van der Waals surface area contributed by atoms with E-state index in [2.05, 4.69) is 15.0 Å². The molecule has 0 spiro atoms. The van der Waals surface area contributed by atoms with Gasteiger partial charge in [0.05, 0.1) is 18.5 Å². The summed E-state index contributed by atoms with van der Waals surface area (Å²) in [6.45, 7) is 0.489. The Balaban J connectivity index is 1.88. The largest absolute Gasteiger partial charge is 0.369 e. The maximum absolute atomic E-state index is 12.6. The highest BCUT2D eigenvalue weighted by atomic mass is 16.5. The zero-order valence-corrected chi connectivity index (χ0v) is 13.6. The van der Waals surface area contributed by atoms with Crippen molar-refractivity contribution in [2.45, 2.75) is 13.3 Å². The number of fused-ring (bicyclic) bond motifs is 1. The van der Waals surface area contributed by atoms with E-state index >= 15 is 0 Å². The van der Waals surface area contributed by atoms with Gasteiger partial charge in [-0.1, -0.05) is 30.3 Å². The molecule has 0 amide bonds. The SMILES string of the molecule is CN(C)C=Nc1nc2cc[nH]c2c(=O)n1COCc1ccccc1. The quantitative estimate of drug-likeness (QED) is 0.556. The molecule has 24 heavy (non-hydrogen) atoms. The molecule has 0 unspecified atom stereocenters. The van der Waals surface area contributed by atoms with Crippen molar-refractivity contribution >= 4 is 23.3 Å². The van der Waals surface area contributed by atoms with Gasteiger partial charge in [-0.2, -0.15) is 0 Å². The van der Waals surface area contributed by atoms with E-state index in [1.54, 1.807) is 23.5 Å². The molecule has 0 fully saturated rings. The van der Waals surface area contributed by atoms with Crippen molar-refractivity contribution in [1.29, 1.82) is 0 Å². The maximum atomic E-state index is 12.6. The fourth-order valence-electron chi connectivity index (χ4n) is 2.23. The van der Waals surface area contributed by atoms with Crippen LogP contribution in [-0.2, 0) is 18.1 Å². The number of nitrogens with zero attached hydrogens (tertiary/aromatic N) is 4. The van der Waals surface area contributed by atoms with Gasteiger partial charge in [-0.3, -0.25) is 9.36 Å². The van der Waals surface area contributed by atoms with Crippen molar-refractivity contribution in [1.82, 2.24) is 19.4 Å². The number of nitrogens with one attached hydrogen (secondary N) is 1. The second-order valence-electron chi connectivity index (χ2n) is 5.55. The first-order valence-electron chi connectivity index (χ1n) is 7.55. The van der Waals surface area contributed by atoms with Gasteiger partial charge in [-0.15, -0.1) is 0 Å². The Hall–Kier alpha value is -2.93. The smallest absolute Gasteiger partial charge is 0.281 e. The van der Waals surface area contributed by atoms with Crippen molar-refractivity contribution in [2.75, 3.05) is 14.1 Å². The van der Waals surface area contributed by atoms with E-state index in [1.165, 1.54) is 4.57 Å². The molecule has 7 nitrogen and oxygen atoms in total. The highest BCUT2D eigenvalue weighted by Gasteiger charge is 2.11. The minimum absolute atomic E-state index is 0.0792. The Labute approximate surface area is 139 Å². The number of ether oxygens (including phenoxy) is 1. The maximum Gasteiger partial charge on any atom is 0.281 e. The molecule has 3 rings (SSSR count). The number of H-pyrrole nitrogens is 1. The molecule has 1 N–H and O–H groups in total. The number of aromatic nitrogens is 3. The lowest BCUT2D eigenvalue weighted by atomic mass is 10.2. The molecule has 0 saturated carbocycles. The van der Waals surface area contributed by atoms with Crippen molar-refractivity contribution in [3.8, 4) is 0 Å². The van der Waals surface area contributed by atoms with Crippen LogP contribution in [0.15, 0.2) is 52.4 Å². The van der Waals surface area contributed by atoms with E-state index in [-0.39, 0.29) is 12.3 Å². The molecule has 2 aromatic heterocycles. The lowest BCUT2D eigenvalue weighted by Crippen LogP contribution is -2.23. The summed E-state index contributed by atoms with van der Waals surface area (Å²) in [5.74, 6) is 0.314. The van der Waals surface area contributed by atoms with E-state index in [4.69, 9.17) is 4.74 Å². The summed E-state index contributed by atoms with van der Waals surface area (Å²) in [6, 6.07) is 11.5. The van der Waals surface area contributed by atoms with Crippen LogP contribution in [0.3, 0.4) is 0 Å². The molecular formula is C17H19N5O2. The highest BCUT2D eigenvalue weighted by Crippen LogP contribution is 2.13. The second-order valence-corrected chi connectivity index (χ2v) is 5.55. The summed E-state index contributed by atoms with van der Waals surface area (Å²) in [4.78, 5) is 26.0. The van der Waals surface area contributed by atoms with Gasteiger partial charge in [0, 0.05) is 20.3 Å². The van der Waals surface area contributed by atoms with Crippen LogP contribution < -0.4 is 5.56 Å². The van der Waals surface area contributed by atoms with Crippen LogP contribution in [-0.4, -0.2) is 39.9 Å². The van der Waals surface area contributed by atoms with Gasteiger partial charge < -0.3 is 14.6 Å². The molecule has 124 valence electrons. The number of aromatic amines is 1. The topological polar surface area (TPSA) is 75.5 Å². The lowest BCUT2D eigenvalue weighted by molar-refractivity contribution is 0.0626. The molecular weight excluding hydrogens is 306 g/mol. The fourth-order valence-corrected chi connectivity index (χ4v) is 2.23. The molecule has 7 heteroatoms. The van der Waals surface area contributed by atoms with E-state index in [0.29, 0.717) is 23.6 Å². The van der Waals surface area contributed by atoms with E-state index in [9.17, 15) is 4.79 Å². The van der Waals surface area contributed by atoms with Crippen molar-refractivity contribution < 1.29 is 4.74 Å². The second kappa shape index (κ2) is 7.10. The summed E-state index contributed by atoms with van der Waals surface area (Å²) >= 11 is 0. The molecule has 0 saturated heterocycles. The number of benzene rings is 1. The summed E-state index contributed by atoms with van der Waals surface area (Å²) in [5, 5.41) is 0. The van der Waals surface area contributed by atoms with Crippen LogP contribution in [0.4, 0.5) is 5.95 Å². The Kier molecular flexibility index (Phi) is 4.72. The fraction of sp³-hybridized carbons (Fsp3) is 0.235. The van der Waals surface area contributed by atoms with Crippen LogP contribution >= 0.6 is 0 Å². The average molecular weight is 325 g/mol. The van der Waals surface area contributed by atoms with Crippen LogP contribution in [0.1, 0.15) is 5.56 Å². The van der Waals surface area contributed by atoms with Gasteiger partial charge in [-0.05, 0) is 11.6 Å². The predicted molar refractivity (Wildman–Crippen MR) is 93.4 cm³/mol. The van der Waals surface area contributed by atoms with Crippen LogP contribution in [0, 0.1) is 0 Å². The average Bonchev–Trinajstić information content (AvgIpc) is 3.05. The number of aliphatic imine (C=N–C) groups is 1. The minimum atomic E-state index is -0.205. The lowest BCUT2D eigenvalue weighted by Gasteiger charge is -2.11. The van der Waals surface area contributed by atoms with Gasteiger partial charge in [0.25, 0.3) is 5.56 Å². The van der Waals surface area contributed by atoms with Crippen molar-refractivity contribution in [3.63, 3.8) is 0 Å². The van der Waals surface area contributed by atoms with E-state index < -0.39 is 0 Å². The Morgan fingerprint density at radius 2 is 2.08 bits per heavy atom. The Morgan fingerprint density at radius 1 is 1.29 bits per heavy atom. The first-order chi connectivity index (χ1) is 11.6. The Morgan fingerprint density at radius 3 is 2.83 bits per heavy atom. The summed E-state index contributed by atoms with van der Waals surface area (Å²) < 4.78 is 7.10. The first-order valence-corrected chi connectivity index (χ1v) is 7.55. The third kappa shape index (κ3) is 3.52. The van der Waals surface area contributed by atoms with Gasteiger partial charge in [0.2, 0.25) is 5.95 Å². The normalized spacial score (nSPS) is 11.4. The summed E-state index contributed by atoms with van der Waals surface area (Å²) in [6.07, 6.45) is 3.29. The van der Waals surface area contributed by atoms with Crippen LogP contribution in [0.25, 0.3) is 11.0 Å². The Bertz CT molecular complexity index is 896. The van der Waals surface area contributed by atoms with Gasteiger partial charge in [-0.25, -0.2) is 9.98 Å². The van der Waals surface area contributed by atoms with E-state index in [1.807, 2.05) is 44.4 Å². The van der Waals surface area contributed by atoms with Crippen molar-refractivity contribution in [3.05, 3.63) is 58.5 Å². The zero-order chi connectivity index (χ0) is 16.9. The minimum Gasteiger partial charge on any atom is -0.369 e. The number of hydrogen-bond donors (Lipinski definition) is 1. The molecule has 0 aliphatic heterocycles.